The maximum absolute atomic E-state index is 13.3. The number of carbonyl (C=O) groups is 3. The minimum Gasteiger partial charge on any atom is -0.396 e. The third-order valence-corrected chi connectivity index (χ3v) is 3.72. The standard InChI is InChI=1S/C17H14FN3O3/c18-13-9-10(5-6-14(13)19)20-15(22)7-8-21-16(23)11-3-1-2-4-12(11)17(21)24/h1-6,9H,7-8,19H2,(H,20,22). The Kier molecular flexibility index (Phi) is 3.99. The van der Waals surface area contributed by atoms with Crippen molar-refractivity contribution in [1.29, 1.82) is 0 Å². The number of nitrogens with one attached hydrogen (secondary N) is 1. The van der Waals surface area contributed by atoms with Crippen LogP contribution in [-0.4, -0.2) is 29.2 Å². The lowest BCUT2D eigenvalue weighted by molar-refractivity contribution is -0.116. The van der Waals surface area contributed by atoms with Crippen molar-refractivity contribution in [3.05, 3.63) is 59.4 Å². The maximum Gasteiger partial charge on any atom is 0.261 e. The van der Waals surface area contributed by atoms with E-state index in [2.05, 4.69) is 5.32 Å². The van der Waals surface area contributed by atoms with Gasteiger partial charge in [-0.15, -0.1) is 0 Å². The van der Waals surface area contributed by atoms with E-state index in [1.54, 1.807) is 24.3 Å². The van der Waals surface area contributed by atoms with Crippen LogP contribution in [0.4, 0.5) is 15.8 Å². The van der Waals surface area contributed by atoms with E-state index in [0.717, 1.165) is 11.0 Å². The Bertz CT molecular complexity index is 816. The predicted octanol–water partition coefficient (Wildman–Crippen LogP) is 2.03. The number of anilines is 2. The number of nitrogen functional groups attached to an aromatic ring is 1. The molecule has 24 heavy (non-hydrogen) atoms. The van der Waals surface area contributed by atoms with Crippen LogP contribution < -0.4 is 11.1 Å². The highest BCUT2D eigenvalue weighted by atomic mass is 19.1. The summed E-state index contributed by atoms with van der Waals surface area (Å²) in [6, 6.07) is 10.4. The van der Waals surface area contributed by atoms with Gasteiger partial charge in [-0.2, -0.15) is 0 Å². The monoisotopic (exact) mass is 327 g/mol. The summed E-state index contributed by atoms with van der Waals surface area (Å²) in [7, 11) is 0. The molecule has 0 atom stereocenters. The predicted molar refractivity (Wildman–Crippen MR) is 85.9 cm³/mol. The molecule has 3 amide bonds. The molecule has 0 bridgehead atoms. The number of fused-ring (bicyclic) bond motifs is 1. The molecule has 2 aromatic carbocycles. The summed E-state index contributed by atoms with van der Waals surface area (Å²) in [5.41, 5.74) is 6.28. The van der Waals surface area contributed by atoms with Crippen LogP contribution >= 0.6 is 0 Å². The molecule has 0 fully saturated rings. The summed E-state index contributed by atoms with van der Waals surface area (Å²) in [5, 5.41) is 2.50. The summed E-state index contributed by atoms with van der Waals surface area (Å²) < 4.78 is 13.3. The molecule has 1 aliphatic rings. The number of halogens is 1. The number of nitrogens with two attached hydrogens (primary N) is 1. The number of hydrogen-bond acceptors (Lipinski definition) is 4. The van der Waals surface area contributed by atoms with Gasteiger partial charge in [-0.25, -0.2) is 4.39 Å². The Hall–Kier alpha value is -3.22. The van der Waals surface area contributed by atoms with Gasteiger partial charge in [0.15, 0.2) is 0 Å². The molecule has 0 aromatic heterocycles. The van der Waals surface area contributed by atoms with Gasteiger partial charge in [-0.05, 0) is 30.3 Å². The molecule has 0 saturated heterocycles. The number of rotatable bonds is 4. The topological polar surface area (TPSA) is 92.5 Å². The van der Waals surface area contributed by atoms with Crippen LogP contribution in [0.5, 0.6) is 0 Å². The van der Waals surface area contributed by atoms with Gasteiger partial charge in [0.05, 0.1) is 16.8 Å². The smallest absolute Gasteiger partial charge is 0.261 e. The Morgan fingerprint density at radius 2 is 1.71 bits per heavy atom. The SMILES string of the molecule is Nc1ccc(NC(=O)CCN2C(=O)c3ccccc3C2=O)cc1F. The Morgan fingerprint density at radius 3 is 2.29 bits per heavy atom. The lowest BCUT2D eigenvalue weighted by Gasteiger charge is -2.13. The van der Waals surface area contributed by atoms with Crippen LogP contribution in [0.3, 0.4) is 0 Å². The van der Waals surface area contributed by atoms with Gasteiger partial charge in [-0.3, -0.25) is 19.3 Å². The molecule has 6 nitrogen and oxygen atoms in total. The zero-order valence-electron chi connectivity index (χ0n) is 12.6. The molecule has 0 radical (unpaired) electrons. The van der Waals surface area contributed by atoms with E-state index >= 15 is 0 Å². The molecule has 3 N–H and O–H groups in total. The van der Waals surface area contributed by atoms with E-state index in [4.69, 9.17) is 5.73 Å². The molecule has 0 aliphatic carbocycles. The first-order valence-electron chi connectivity index (χ1n) is 7.27. The van der Waals surface area contributed by atoms with Crippen LogP contribution in [0.15, 0.2) is 42.5 Å². The second kappa shape index (κ2) is 6.11. The molecule has 7 heteroatoms. The fourth-order valence-corrected chi connectivity index (χ4v) is 2.48. The Morgan fingerprint density at radius 1 is 1.08 bits per heavy atom. The van der Waals surface area contributed by atoms with Crippen LogP contribution in [0.2, 0.25) is 0 Å². The van der Waals surface area contributed by atoms with Crippen LogP contribution in [0.1, 0.15) is 27.1 Å². The largest absolute Gasteiger partial charge is 0.396 e. The zero-order chi connectivity index (χ0) is 17.3. The van der Waals surface area contributed by atoms with Gasteiger partial charge in [-0.1, -0.05) is 12.1 Å². The Balaban J connectivity index is 1.62. The number of amides is 3. The lowest BCUT2D eigenvalue weighted by atomic mass is 10.1. The molecule has 1 heterocycles. The maximum atomic E-state index is 13.3. The minimum atomic E-state index is -0.631. The molecule has 0 unspecified atom stereocenters. The van der Waals surface area contributed by atoms with Crippen molar-refractivity contribution >= 4 is 29.1 Å². The van der Waals surface area contributed by atoms with Crippen molar-refractivity contribution in [2.45, 2.75) is 6.42 Å². The average molecular weight is 327 g/mol. The molecule has 3 rings (SSSR count). The van der Waals surface area contributed by atoms with Gasteiger partial charge >= 0.3 is 0 Å². The minimum absolute atomic E-state index is 0.0148. The summed E-state index contributed by atoms with van der Waals surface area (Å²) in [5.74, 6) is -1.90. The number of nitrogens with zero attached hydrogens (tertiary/aromatic N) is 1. The molecule has 0 saturated carbocycles. The fourth-order valence-electron chi connectivity index (χ4n) is 2.48. The molecule has 122 valence electrons. The first-order valence-corrected chi connectivity index (χ1v) is 7.27. The van der Waals surface area contributed by atoms with Gasteiger partial charge in [0.2, 0.25) is 5.91 Å². The second-order valence-corrected chi connectivity index (χ2v) is 5.34. The molecular weight excluding hydrogens is 313 g/mol. The third-order valence-electron chi connectivity index (χ3n) is 3.72. The van der Waals surface area contributed by atoms with Crippen molar-refractivity contribution in [2.24, 2.45) is 0 Å². The highest BCUT2D eigenvalue weighted by Crippen LogP contribution is 2.22. The summed E-state index contributed by atoms with van der Waals surface area (Å²) in [6.45, 7) is -0.0460. The summed E-state index contributed by atoms with van der Waals surface area (Å²) in [6.07, 6.45) is -0.0858. The number of imide groups is 1. The van der Waals surface area contributed by atoms with Crippen LogP contribution in [0, 0.1) is 5.82 Å². The van der Waals surface area contributed by atoms with E-state index < -0.39 is 23.5 Å². The van der Waals surface area contributed by atoms with Gasteiger partial charge in [0.1, 0.15) is 5.82 Å². The lowest BCUT2D eigenvalue weighted by Crippen LogP contribution is -2.32. The Labute approximate surface area is 137 Å². The summed E-state index contributed by atoms with van der Waals surface area (Å²) in [4.78, 5) is 37.3. The average Bonchev–Trinajstić information content (AvgIpc) is 2.81. The zero-order valence-corrected chi connectivity index (χ0v) is 12.6. The highest BCUT2D eigenvalue weighted by molar-refractivity contribution is 6.21. The van der Waals surface area contributed by atoms with Gasteiger partial charge in [0, 0.05) is 18.7 Å². The van der Waals surface area contributed by atoms with E-state index in [-0.39, 0.29) is 24.3 Å². The molecular formula is C17H14FN3O3. The van der Waals surface area contributed by atoms with E-state index in [9.17, 15) is 18.8 Å². The first kappa shape index (κ1) is 15.7. The van der Waals surface area contributed by atoms with Gasteiger partial charge < -0.3 is 11.1 Å². The van der Waals surface area contributed by atoms with Crippen molar-refractivity contribution in [3.8, 4) is 0 Å². The first-order chi connectivity index (χ1) is 11.5. The fraction of sp³-hybridized carbons (Fsp3) is 0.118. The normalized spacial score (nSPS) is 13.1. The highest BCUT2D eigenvalue weighted by Gasteiger charge is 2.34. The van der Waals surface area contributed by atoms with Crippen LogP contribution in [0.25, 0.3) is 0 Å². The van der Waals surface area contributed by atoms with Gasteiger partial charge in [0.25, 0.3) is 11.8 Å². The van der Waals surface area contributed by atoms with Crippen molar-refractivity contribution < 1.29 is 18.8 Å². The molecule has 1 aliphatic heterocycles. The molecule has 2 aromatic rings. The number of benzene rings is 2. The molecule has 0 spiro atoms. The van der Waals surface area contributed by atoms with Crippen LogP contribution in [-0.2, 0) is 4.79 Å². The summed E-state index contributed by atoms with van der Waals surface area (Å²) >= 11 is 0. The van der Waals surface area contributed by atoms with E-state index in [0.29, 0.717) is 11.1 Å². The quantitative estimate of drug-likeness (QED) is 0.664. The second-order valence-electron chi connectivity index (χ2n) is 5.34. The number of hydrogen-bond donors (Lipinski definition) is 2. The van der Waals surface area contributed by atoms with Crippen molar-refractivity contribution in [2.75, 3.05) is 17.6 Å². The number of carbonyl (C=O) groups excluding carboxylic acids is 3. The third kappa shape index (κ3) is 2.83. The van der Waals surface area contributed by atoms with E-state index in [1.807, 2.05) is 0 Å². The van der Waals surface area contributed by atoms with Crippen molar-refractivity contribution in [3.63, 3.8) is 0 Å². The van der Waals surface area contributed by atoms with Crippen molar-refractivity contribution in [1.82, 2.24) is 4.90 Å². The van der Waals surface area contributed by atoms with E-state index in [1.165, 1.54) is 12.1 Å².